The largest absolute Gasteiger partial charge is 0.298 e. The van der Waals surface area contributed by atoms with Crippen LogP contribution in [0.2, 0.25) is 0 Å². The van der Waals surface area contributed by atoms with Crippen molar-refractivity contribution in [2.75, 3.05) is 5.32 Å². The Morgan fingerprint density at radius 2 is 2.05 bits per heavy atom. The number of hydrogen-bond acceptors (Lipinski definition) is 4. The van der Waals surface area contributed by atoms with Crippen LogP contribution in [0.25, 0.3) is 16.3 Å². The second-order valence-corrected chi connectivity index (χ2v) is 6.71. The number of nitrogens with one attached hydrogen (secondary N) is 1. The summed E-state index contributed by atoms with van der Waals surface area (Å²) in [6.07, 6.45) is 3.35. The van der Waals surface area contributed by atoms with E-state index in [9.17, 15) is 4.79 Å². The van der Waals surface area contributed by atoms with Crippen molar-refractivity contribution < 1.29 is 4.79 Å². The lowest BCUT2D eigenvalue weighted by atomic mass is 10.1. The van der Waals surface area contributed by atoms with Crippen LogP contribution in [0.15, 0.2) is 35.7 Å². The number of rotatable bonds is 3. The van der Waals surface area contributed by atoms with Gasteiger partial charge in [-0.05, 0) is 42.5 Å². The van der Waals surface area contributed by atoms with Crippen molar-refractivity contribution in [1.29, 1.82) is 0 Å². The first-order chi connectivity index (χ1) is 10.1. The van der Waals surface area contributed by atoms with Crippen molar-refractivity contribution in [1.82, 2.24) is 4.98 Å². The van der Waals surface area contributed by atoms with Gasteiger partial charge in [-0.15, -0.1) is 11.3 Å². The van der Waals surface area contributed by atoms with E-state index in [2.05, 4.69) is 29.4 Å². The Labute approximate surface area is 131 Å². The molecule has 106 valence electrons. The highest BCUT2D eigenvalue weighted by Crippen LogP contribution is 2.30. The van der Waals surface area contributed by atoms with Crippen LogP contribution >= 0.6 is 22.7 Å². The van der Waals surface area contributed by atoms with Gasteiger partial charge in [-0.3, -0.25) is 10.1 Å². The maximum absolute atomic E-state index is 11.9. The topological polar surface area (TPSA) is 42.0 Å². The molecule has 0 saturated carbocycles. The van der Waals surface area contributed by atoms with Gasteiger partial charge >= 0.3 is 0 Å². The molecular formula is C16H14N2OS2. The predicted octanol–water partition coefficient (Wildman–Crippen LogP) is 4.63. The van der Waals surface area contributed by atoms with Gasteiger partial charge in [-0.1, -0.05) is 29.5 Å². The number of carbonyl (C=O) groups is 1. The van der Waals surface area contributed by atoms with Crippen LogP contribution in [0.5, 0.6) is 0 Å². The van der Waals surface area contributed by atoms with Crippen LogP contribution in [-0.2, 0) is 4.79 Å². The minimum Gasteiger partial charge on any atom is -0.298 e. The molecule has 0 unspecified atom stereocenters. The summed E-state index contributed by atoms with van der Waals surface area (Å²) in [5.74, 6) is -0.155. The lowest BCUT2D eigenvalue weighted by Crippen LogP contribution is -2.07. The van der Waals surface area contributed by atoms with Gasteiger partial charge in [0, 0.05) is 11.0 Å². The molecule has 1 N–H and O–H groups in total. The zero-order valence-electron chi connectivity index (χ0n) is 11.7. The van der Waals surface area contributed by atoms with E-state index >= 15 is 0 Å². The number of nitrogens with zero attached hydrogens (tertiary/aromatic N) is 1. The molecule has 0 aliphatic heterocycles. The van der Waals surface area contributed by atoms with E-state index in [1.54, 1.807) is 11.3 Å². The first kappa shape index (κ1) is 14.0. The monoisotopic (exact) mass is 314 g/mol. The summed E-state index contributed by atoms with van der Waals surface area (Å²) < 4.78 is 1.13. The minimum absolute atomic E-state index is 0.155. The summed E-state index contributed by atoms with van der Waals surface area (Å²) in [4.78, 5) is 17.5. The van der Waals surface area contributed by atoms with Crippen LogP contribution in [0.4, 0.5) is 5.13 Å². The maximum atomic E-state index is 11.9. The fourth-order valence-electron chi connectivity index (χ4n) is 2.00. The van der Waals surface area contributed by atoms with E-state index in [1.165, 1.54) is 23.0 Å². The molecule has 0 aliphatic carbocycles. The molecule has 1 amide bonds. The van der Waals surface area contributed by atoms with Gasteiger partial charge in [0.1, 0.15) is 0 Å². The summed E-state index contributed by atoms with van der Waals surface area (Å²) in [5.41, 5.74) is 3.28. The van der Waals surface area contributed by atoms with Crippen LogP contribution < -0.4 is 5.32 Å². The highest BCUT2D eigenvalue weighted by atomic mass is 32.1. The summed E-state index contributed by atoms with van der Waals surface area (Å²) in [7, 11) is 0. The highest BCUT2D eigenvalue weighted by Gasteiger charge is 2.09. The average Bonchev–Trinajstić information content (AvgIpc) is 3.10. The van der Waals surface area contributed by atoms with Crippen molar-refractivity contribution in [3.63, 3.8) is 0 Å². The SMILES string of the molecule is Cc1ccc(C)c2sc(NC(=O)C=Cc3cccs3)nc12. The first-order valence-electron chi connectivity index (χ1n) is 6.53. The summed E-state index contributed by atoms with van der Waals surface area (Å²) in [5, 5.41) is 5.46. The van der Waals surface area contributed by atoms with Crippen molar-refractivity contribution in [2.45, 2.75) is 13.8 Å². The molecule has 2 heterocycles. The van der Waals surface area contributed by atoms with E-state index in [1.807, 2.05) is 30.5 Å². The van der Waals surface area contributed by atoms with Crippen LogP contribution in [-0.4, -0.2) is 10.9 Å². The Hall–Kier alpha value is -1.98. The number of hydrogen-bond donors (Lipinski definition) is 1. The van der Waals surface area contributed by atoms with Crippen molar-refractivity contribution in [3.05, 3.63) is 51.7 Å². The zero-order valence-corrected chi connectivity index (χ0v) is 13.3. The number of thiazole rings is 1. The molecule has 1 aromatic carbocycles. The van der Waals surface area contributed by atoms with Crippen LogP contribution in [0.1, 0.15) is 16.0 Å². The number of carbonyl (C=O) groups excluding carboxylic acids is 1. The van der Waals surface area contributed by atoms with Crippen molar-refractivity contribution in [3.8, 4) is 0 Å². The number of thiophene rings is 1. The smallest absolute Gasteiger partial charge is 0.250 e. The molecule has 3 aromatic rings. The van der Waals surface area contributed by atoms with Gasteiger partial charge < -0.3 is 0 Å². The molecule has 21 heavy (non-hydrogen) atoms. The molecule has 3 nitrogen and oxygen atoms in total. The molecule has 0 spiro atoms. The number of aryl methyl sites for hydroxylation is 2. The number of anilines is 1. The van der Waals surface area contributed by atoms with Crippen LogP contribution in [0, 0.1) is 13.8 Å². The Morgan fingerprint density at radius 3 is 2.76 bits per heavy atom. The van der Waals surface area contributed by atoms with Gasteiger partial charge in [0.25, 0.3) is 0 Å². The standard InChI is InChI=1S/C16H14N2OS2/c1-10-5-6-11(2)15-14(10)18-16(21-15)17-13(19)8-7-12-4-3-9-20-12/h3-9H,1-2H3,(H,17,18,19). The second kappa shape index (κ2) is 5.79. The van der Waals surface area contributed by atoms with Gasteiger partial charge in [-0.25, -0.2) is 4.98 Å². The molecule has 0 fully saturated rings. The third-order valence-corrected chi connectivity index (χ3v) is 5.06. The van der Waals surface area contributed by atoms with Gasteiger partial charge in [0.05, 0.1) is 10.2 Å². The summed E-state index contributed by atoms with van der Waals surface area (Å²) in [6.45, 7) is 4.09. The fourth-order valence-corrected chi connectivity index (χ4v) is 3.64. The fraction of sp³-hybridized carbons (Fsp3) is 0.125. The second-order valence-electron chi connectivity index (χ2n) is 4.73. The first-order valence-corrected chi connectivity index (χ1v) is 8.22. The van der Waals surface area contributed by atoms with Crippen molar-refractivity contribution in [2.24, 2.45) is 0 Å². The van der Waals surface area contributed by atoms with Gasteiger partial charge in [-0.2, -0.15) is 0 Å². The molecule has 0 aliphatic rings. The summed E-state index contributed by atoms with van der Waals surface area (Å²) in [6, 6.07) is 8.07. The average molecular weight is 314 g/mol. The van der Waals surface area contributed by atoms with Gasteiger partial charge in [0.15, 0.2) is 5.13 Å². The molecule has 0 bridgehead atoms. The number of amides is 1. The number of aromatic nitrogens is 1. The lowest BCUT2D eigenvalue weighted by molar-refractivity contribution is -0.111. The molecule has 0 atom stereocenters. The van der Waals surface area contributed by atoms with E-state index in [0.29, 0.717) is 5.13 Å². The third kappa shape index (κ3) is 3.04. The third-order valence-electron chi connectivity index (χ3n) is 3.11. The van der Waals surface area contributed by atoms with Gasteiger partial charge in [0.2, 0.25) is 5.91 Å². The molecular weight excluding hydrogens is 300 g/mol. The quantitative estimate of drug-likeness (QED) is 0.716. The van der Waals surface area contributed by atoms with E-state index in [0.717, 1.165) is 20.7 Å². The van der Waals surface area contributed by atoms with E-state index < -0.39 is 0 Å². The molecule has 0 saturated heterocycles. The highest BCUT2D eigenvalue weighted by molar-refractivity contribution is 7.22. The summed E-state index contributed by atoms with van der Waals surface area (Å²) >= 11 is 3.11. The number of benzene rings is 1. The molecule has 3 rings (SSSR count). The minimum atomic E-state index is -0.155. The van der Waals surface area contributed by atoms with E-state index in [-0.39, 0.29) is 5.91 Å². The molecule has 0 radical (unpaired) electrons. The van der Waals surface area contributed by atoms with E-state index in [4.69, 9.17) is 0 Å². The predicted molar refractivity (Wildman–Crippen MR) is 91.1 cm³/mol. The molecule has 2 aromatic heterocycles. The maximum Gasteiger partial charge on any atom is 0.250 e. The zero-order chi connectivity index (χ0) is 14.8. The Bertz CT molecular complexity index is 777. The Morgan fingerprint density at radius 1 is 1.24 bits per heavy atom. The lowest BCUT2D eigenvalue weighted by Gasteiger charge is -1.96. The Kier molecular flexibility index (Phi) is 3.86. The molecule has 5 heteroatoms. The number of fused-ring (bicyclic) bond motifs is 1. The van der Waals surface area contributed by atoms with Crippen LogP contribution in [0.3, 0.4) is 0 Å². The van der Waals surface area contributed by atoms with Crippen molar-refractivity contribution >= 4 is 50.0 Å². The Balaban J connectivity index is 1.80. The normalized spacial score (nSPS) is 11.3.